The van der Waals surface area contributed by atoms with Gasteiger partial charge in [0.15, 0.2) is 0 Å². The molecule has 164 valence electrons. The van der Waals surface area contributed by atoms with Crippen LogP contribution in [0.1, 0.15) is 39.2 Å². The highest BCUT2D eigenvalue weighted by Gasteiger charge is 2.45. The molecule has 3 atom stereocenters. The van der Waals surface area contributed by atoms with Crippen LogP contribution in [-0.4, -0.2) is 65.7 Å². The molecule has 3 rings (SSSR count). The molecule has 8 nitrogen and oxygen atoms in total. The zero-order valence-corrected chi connectivity index (χ0v) is 17.7. The molecule has 2 amide bonds. The van der Waals surface area contributed by atoms with Gasteiger partial charge in [-0.3, -0.25) is 9.59 Å². The molecule has 8 heteroatoms. The van der Waals surface area contributed by atoms with E-state index in [2.05, 4.69) is 5.32 Å². The van der Waals surface area contributed by atoms with E-state index < -0.39 is 29.4 Å². The van der Waals surface area contributed by atoms with Crippen molar-refractivity contribution in [1.29, 1.82) is 0 Å². The molecule has 2 aliphatic rings. The number of nitrogens with zero attached hydrogens (tertiary/aromatic N) is 1. The summed E-state index contributed by atoms with van der Waals surface area (Å²) in [6.45, 7) is 6.60. The molecule has 0 saturated carbocycles. The Hall–Kier alpha value is -2.61. The van der Waals surface area contributed by atoms with Crippen LogP contribution in [0.2, 0.25) is 0 Å². The first kappa shape index (κ1) is 22.1. The van der Waals surface area contributed by atoms with Crippen LogP contribution < -0.4 is 10.1 Å². The monoisotopic (exact) mass is 418 g/mol. The molecule has 2 N–H and O–H groups in total. The Kier molecular flexibility index (Phi) is 6.65. The Balaban J connectivity index is 1.89. The van der Waals surface area contributed by atoms with E-state index >= 15 is 0 Å². The molecule has 1 saturated heterocycles. The summed E-state index contributed by atoms with van der Waals surface area (Å²) in [7, 11) is 0. The maximum atomic E-state index is 13.4. The molecule has 0 aromatic heterocycles. The lowest BCUT2D eigenvalue weighted by molar-refractivity contribution is -0.150. The van der Waals surface area contributed by atoms with Crippen molar-refractivity contribution in [3.05, 3.63) is 29.8 Å². The van der Waals surface area contributed by atoms with E-state index in [1.807, 2.05) is 45.0 Å². The van der Waals surface area contributed by atoms with Gasteiger partial charge in [-0.2, -0.15) is 0 Å². The number of amides is 2. The Morgan fingerprint density at radius 1 is 1.23 bits per heavy atom. The fourth-order valence-corrected chi connectivity index (χ4v) is 3.85. The molecule has 0 unspecified atom stereocenters. The fourth-order valence-electron chi connectivity index (χ4n) is 3.85. The molecular weight excluding hydrogens is 388 g/mol. The summed E-state index contributed by atoms with van der Waals surface area (Å²) < 4.78 is 11.6. The predicted molar refractivity (Wildman–Crippen MR) is 109 cm³/mol. The van der Waals surface area contributed by atoms with E-state index in [9.17, 15) is 19.5 Å². The molecule has 0 aliphatic carbocycles. The quantitative estimate of drug-likeness (QED) is 0.718. The first-order valence-electron chi connectivity index (χ1n) is 10.3. The summed E-state index contributed by atoms with van der Waals surface area (Å²) in [4.78, 5) is 39.2. The second kappa shape index (κ2) is 9.04. The highest BCUT2D eigenvalue weighted by molar-refractivity contribution is 5.92. The number of aliphatic carboxylic acids is 1. The summed E-state index contributed by atoms with van der Waals surface area (Å²) in [6.07, 6.45) is 0.610. The van der Waals surface area contributed by atoms with Gasteiger partial charge in [0.1, 0.15) is 17.8 Å². The molecular formula is C22H30N2O6. The topological polar surface area (TPSA) is 105 Å². The molecule has 30 heavy (non-hydrogen) atoms. The average molecular weight is 418 g/mol. The van der Waals surface area contributed by atoms with Gasteiger partial charge in [-0.15, -0.1) is 0 Å². The second-order valence-electron chi connectivity index (χ2n) is 8.97. The largest absolute Gasteiger partial charge is 0.493 e. The van der Waals surface area contributed by atoms with E-state index in [-0.39, 0.29) is 31.4 Å². The molecule has 2 aliphatic heterocycles. The van der Waals surface area contributed by atoms with Gasteiger partial charge < -0.3 is 24.8 Å². The lowest BCUT2D eigenvalue weighted by atomic mass is 9.85. The zero-order chi connectivity index (χ0) is 21.9. The minimum Gasteiger partial charge on any atom is -0.493 e. The van der Waals surface area contributed by atoms with Gasteiger partial charge in [-0.05, 0) is 23.1 Å². The molecule has 2 heterocycles. The third-order valence-electron chi connectivity index (χ3n) is 5.42. The number of carboxylic acid groups (broad SMARTS) is 1. The molecule has 0 spiro atoms. The van der Waals surface area contributed by atoms with Crippen LogP contribution in [0.4, 0.5) is 0 Å². The number of benzene rings is 1. The normalized spacial score (nSPS) is 26.1. The van der Waals surface area contributed by atoms with Crippen molar-refractivity contribution in [2.24, 2.45) is 5.41 Å². The summed E-state index contributed by atoms with van der Waals surface area (Å²) in [5.41, 5.74) is 0.184. The number of carbonyl (C=O) groups excluding carboxylic acids is 2. The third-order valence-corrected chi connectivity index (χ3v) is 5.42. The minimum atomic E-state index is -1.06. The average Bonchev–Trinajstić information content (AvgIpc) is 3.09. The Morgan fingerprint density at radius 2 is 2.00 bits per heavy atom. The number of fused-ring (bicyclic) bond motifs is 4. The van der Waals surface area contributed by atoms with Crippen molar-refractivity contribution >= 4 is 17.8 Å². The summed E-state index contributed by atoms with van der Waals surface area (Å²) in [5, 5.41) is 12.5. The summed E-state index contributed by atoms with van der Waals surface area (Å²) >= 11 is 0. The Morgan fingerprint density at radius 3 is 2.70 bits per heavy atom. The van der Waals surface area contributed by atoms with Gasteiger partial charge >= 0.3 is 5.97 Å². The van der Waals surface area contributed by atoms with Gasteiger partial charge in [0.2, 0.25) is 11.8 Å². The van der Waals surface area contributed by atoms with E-state index in [0.717, 1.165) is 5.56 Å². The molecule has 1 aromatic carbocycles. The standard InChI is InChI=1S/C22H30N2O6/c1-22(2,3)19-20(26)24-13-16(12-17(24)21(27)28)30-9-5-8-29-15-7-4-6-14(10-15)11-18(25)23-19/h4,6-7,10,16-17,19H,5,8-9,11-13H2,1-3H3,(H,23,25)(H,27,28)/t16-,17-,19+/m0/s1. The Labute approximate surface area is 176 Å². The van der Waals surface area contributed by atoms with Gasteiger partial charge in [-0.25, -0.2) is 4.79 Å². The predicted octanol–water partition coefficient (Wildman–Crippen LogP) is 1.61. The molecule has 4 bridgehead atoms. The van der Waals surface area contributed by atoms with Crippen LogP contribution in [0.15, 0.2) is 24.3 Å². The van der Waals surface area contributed by atoms with Gasteiger partial charge in [0.25, 0.3) is 0 Å². The number of hydrogen-bond donors (Lipinski definition) is 2. The van der Waals surface area contributed by atoms with Crippen LogP contribution in [0, 0.1) is 5.41 Å². The highest BCUT2D eigenvalue weighted by atomic mass is 16.5. The lowest BCUT2D eigenvalue weighted by Crippen LogP contribution is -2.57. The van der Waals surface area contributed by atoms with Crippen molar-refractivity contribution in [1.82, 2.24) is 10.2 Å². The highest BCUT2D eigenvalue weighted by Crippen LogP contribution is 2.27. The first-order valence-corrected chi connectivity index (χ1v) is 10.3. The van der Waals surface area contributed by atoms with Crippen LogP contribution >= 0.6 is 0 Å². The lowest BCUT2D eigenvalue weighted by Gasteiger charge is -2.35. The zero-order valence-electron chi connectivity index (χ0n) is 17.7. The van der Waals surface area contributed by atoms with Gasteiger partial charge in [0.05, 0.1) is 25.7 Å². The van der Waals surface area contributed by atoms with E-state index in [4.69, 9.17) is 9.47 Å². The number of hydrogen-bond acceptors (Lipinski definition) is 5. The SMILES string of the molecule is CC(C)(C)[C@@H]1NC(=O)Cc2cccc(c2)OCCCO[C@H]2C[C@@H](C(=O)O)N(C2)C1=O. The van der Waals surface area contributed by atoms with Gasteiger partial charge in [0, 0.05) is 19.4 Å². The maximum absolute atomic E-state index is 13.4. The van der Waals surface area contributed by atoms with Gasteiger partial charge in [-0.1, -0.05) is 32.9 Å². The first-order chi connectivity index (χ1) is 14.1. The van der Waals surface area contributed by atoms with Crippen molar-refractivity contribution in [3.63, 3.8) is 0 Å². The molecule has 0 radical (unpaired) electrons. The minimum absolute atomic E-state index is 0.102. The number of rotatable bonds is 1. The van der Waals surface area contributed by atoms with E-state index in [0.29, 0.717) is 25.4 Å². The van der Waals surface area contributed by atoms with Crippen molar-refractivity contribution < 1.29 is 29.0 Å². The third kappa shape index (κ3) is 5.30. The van der Waals surface area contributed by atoms with Crippen molar-refractivity contribution in [2.45, 2.75) is 58.2 Å². The molecule has 1 aromatic rings. The van der Waals surface area contributed by atoms with Crippen LogP contribution in [0.5, 0.6) is 5.75 Å². The fraction of sp³-hybridized carbons (Fsp3) is 0.591. The number of ether oxygens (including phenoxy) is 2. The van der Waals surface area contributed by atoms with E-state index in [1.54, 1.807) is 0 Å². The molecule has 1 fully saturated rings. The van der Waals surface area contributed by atoms with Crippen LogP contribution in [0.25, 0.3) is 0 Å². The number of carbonyl (C=O) groups is 3. The van der Waals surface area contributed by atoms with Crippen LogP contribution in [-0.2, 0) is 25.5 Å². The summed E-state index contributed by atoms with van der Waals surface area (Å²) in [6, 6.07) is 5.49. The maximum Gasteiger partial charge on any atom is 0.326 e. The number of nitrogens with one attached hydrogen (secondary N) is 1. The van der Waals surface area contributed by atoms with Crippen molar-refractivity contribution in [3.8, 4) is 5.75 Å². The van der Waals surface area contributed by atoms with Crippen molar-refractivity contribution in [2.75, 3.05) is 19.8 Å². The smallest absolute Gasteiger partial charge is 0.326 e. The summed E-state index contributed by atoms with van der Waals surface area (Å²) in [5.74, 6) is -1.08. The Bertz CT molecular complexity index is 803. The second-order valence-corrected chi connectivity index (χ2v) is 8.97. The van der Waals surface area contributed by atoms with Crippen LogP contribution in [0.3, 0.4) is 0 Å². The number of carboxylic acids is 1. The van der Waals surface area contributed by atoms with E-state index in [1.165, 1.54) is 4.90 Å².